The first-order valence-electron chi connectivity index (χ1n) is 11.4. The zero-order chi connectivity index (χ0) is 22.4. The minimum atomic E-state index is -0.521. The van der Waals surface area contributed by atoms with Gasteiger partial charge in [0, 0.05) is 38.2 Å². The second-order valence-electron chi connectivity index (χ2n) is 9.52. The number of pyridine rings is 1. The molecule has 0 bridgehead atoms. The van der Waals surface area contributed by atoms with Crippen LogP contribution in [0.2, 0.25) is 0 Å². The molecular weight excluding hydrogens is 413 g/mol. The van der Waals surface area contributed by atoms with Gasteiger partial charge in [-0.2, -0.15) is 0 Å². The Morgan fingerprint density at radius 1 is 1.22 bits per heavy atom. The Morgan fingerprint density at radius 2 is 1.97 bits per heavy atom. The van der Waals surface area contributed by atoms with Crippen LogP contribution in [0.4, 0.5) is 4.39 Å². The quantitative estimate of drug-likeness (QED) is 0.746. The lowest BCUT2D eigenvalue weighted by atomic mass is 9.77. The van der Waals surface area contributed by atoms with Gasteiger partial charge in [-0.1, -0.05) is 6.07 Å². The van der Waals surface area contributed by atoms with Crippen LogP contribution in [0, 0.1) is 23.6 Å². The van der Waals surface area contributed by atoms with Crippen molar-refractivity contribution < 1.29 is 18.7 Å². The standard InChI is InChI=1S/C24H28FN3O4/c1-13(29)27-20-7-15-10-28(11-16(15)8-21(20)32-12-14-5-6-14)24(31)18-9-26-22-17(23(18)30)3-2-4-19(22)25/h2-4,9,14-16,20-21H,5-8,10-12H2,1H3,(H,26,30)(H,27,29)/t15-,16+,20-,21-/m1/s1. The van der Waals surface area contributed by atoms with Crippen molar-refractivity contribution in [2.45, 2.75) is 44.8 Å². The Bertz CT molecular complexity index is 1110. The van der Waals surface area contributed by atoms with Crippen LogP contribution in [0.5, 0.6) is 0 Å². The van der Waals surface area contributed by atoms with Crippen LogP contribution in [0.15, 0.2) is 29.2 Å². The summed E-state index contributed by atoms with van der Waals surface area (Å²) in [6.45, 7) is 3.34. The SMILES string of the molecule is CC(=O)N[C@@H]1C[C@@H]2CN(C(=O)c3c[nH]c4c(F)cccc4c3=O)C[C@@H]2C[C@H]1OCC1CC1. The van der Waals surface area contributed by atoms with Crippen LogP contribution >= 0.6 is 0 Å². The Hall–Kier alpha value is -2.74. The molecule has 0 unspecified atom stereocenters. The number of hydrogen-bond donors (Lipinski definition) is 2. The smallest absolute Gasteiger partial charge is 0.259 e. The summed E-state index contributed by atoms with van der Waals surface area (Å²) in [4.78, 5) is 42.3. The fourth-order valence-electron chi connectivity index (χ4n) is 5.26. The molecule has 2 saturated carbocycles. The first kappa shape index (κ1) is 21.1. The van der Waals surface area contributed by atoms with E-state index >= 15 is 0 Å². The van der Waals surface area contributed by atoms with Crippen molar-refractivity contribution in [2.24, 2.45) is 17.8 Å². The number of H-pyrrole nitrogens is 1. The van der Waals surface area contributed by atoms with E-state index in [1.807, 2.05) is 0 Å². The lowest BCUT2D eigenvalue weighted by Crippen LogP contribution is -2.50. The molecule has 0 spiro atoms. The van der Waals surface area contributed by atoms with Crippen LogP contribution in [0.1, 0.15) is 43.0 Å². The molecule has 170 valence electrons. The van der Waals surface area contributed by atoms with Gasteiger partial charge >= 0.3 is 0 Å². The first-order valence-corrected chi connectivity index (χ1v) is 11.4. The molecule has 2 heterocycles. The number of amides is 2. The third-order valence-electron chi connectivity index (χ3n) is 7.13. The number of ether oxygens (including phenoxy) is 1. The van der Waals surface area contributed by atoms with Crippen LogP contribution in [-0.4, -0.2) is 53.5 Å². The molecule has 2 amide bonds. The number of hydrogen-bond acceptors (Lipinski definition) is 4. The lowest BCUT2D eigenvalue weighted by molar-refractivity contribution is -0.122. The number of rotatable bonds is 5. The molecule has 7 nitrogen and oxygen atoms in total. The molecule has 2 N–H and O–H groups in total. The van der Waals surface area contributed by atoms with Crippen LogP contribution in [-0.2, 0) is 9.53 Å². The molecule has 4 atom stereocenters. The molecule has 2 aliphatic carbocycles. The summed E-state index contributed by atoms with van der Waals surface area (Å²) in [5.41, 5.74) is -0.320. The third kappa shape index (κ3) is 4.03. The van der Waals surface area contributed by atoms with Crippen LogP contribution in [0.3, 0.4) is 0 Å². The van der Waals surface area contributed by atoms with Gasteiger partial charge in [0.2, 0.25) is 11.3 Å². The molecule has 3 aliphatic rings. The lowest BCUT2D eigenvalue weighted by Gasteiger charge is -2.38. The van der Waals surface area contributed by atoms with Gasteiger partial charge in [0.1, 0.15) is 11.4 Å². The highest BCUT2D eigenvalue weighted by Gasteiger charge is 2.45. The van der Waals surface area contributed by atoms with Crippen molar-refractivity contribution in [3.8, 4) is 0 Å². The second-order valence-corrected chi connectivity index (χ2v) is 9.52. The molecular formula is C24H28FN3O4. The number of fused-ring (bicyclic) bond motifs is 2. The molecule has 1 aromatic heterocycles. The first-order chi connectivity index (χ1) is 15.4. The molecule has 3 fully saturated rings. The average molecular weight is 442 g/mol. The zero-order valence-electron chi connectivity index (χ0n) is 18.1. The average Bonchev–Trinajstić information content (AvgIpc) is 3.50. The van der Waals surface area contributed by atoms with Crippen molar-refractivity contribution in [1.29, 1.82) is 0 Å². The number of carbonyl (C=O) groups excluding carboxylic acids is 2. The summed E-state index contributed by atoms with van der Waals surface area (Å²) in [6.07, 6.45) is 5.21. The molecule has 8 heteroatoms. The maximum absolute atomic E-state index is 14.0. The van der Waals surface area contributed by atoms with Gasteiger partial charge in [-0.05, 0) is 55.6 Å². The van der Waals surface area contributed by atoms with Gasteiger partial charge in [-0.25, -0.2) is 4.39 Å². The largest absolute Gasteiger partial charge is 0.376 e. The van der Waals surface area contributed by atoms with Gasteiger partial charge < -0.3 is 19.9 Å². The van der Waals surface area contributed by atoms with Crippen molar-refractivity contribution in [3.63, 3.8) is 0 Å². The van der Waals surface area contributed by atoms with E-state index in [-0.39, 0.29) is 52.3 Å². The monoisotopic (exact) mass is 441 g/mol. The van der Waals surface area contributed by atoms with Crippen LogP contribution in [0.25, 0.3) is 10.9 Å². The topological polar surface area (TPSA) is 91.5 Å². The molecule has 32 heavy (non-hydrogen) atoms. The Kier molecular flexibility index (Phi) is 5.49. The van der Waals surface area contributed by atoms with Crippen molar-refractivity contribution in [3.05, 3.63) is 46.0 Å². The maximum atomic E-state index is 14.0. The van der Waals surface area contributed by atoms with Crippen LogP contribution < -0.4 is 10.7 Å². The van der Waals surface area contributed by atoms with E-state index in [2.05, 4.69) is 10.3 Å². The number of para-hydroxylation sites is 1. The Labute approximate surface area is 185 Å². The van der Waals surface area contributed by atoms with E-state index in [1.54, 1.807) is 4.90 Å². The summed E-state index contributed by atoms with van der Waals surface area (Å²) in [5, 5.41) is 3.21. The number of aromatic amines is 1. The second kappa shape index (κ2) is 8.31. The van der Waals surface area contributed by atoms with E-state index in [0.717, 1.165) is 19.4 Å². The number of benzene rings is 1. The van der Waals surface area contributed by atoms with E-state index in [0.29, 0.717) is 19.0 Å². The third-order valence-corrected chi connectivity index (χ3v) is 7.13. The van der Waals surface area contributed by atoms with Crippen molar-refractivity contribution >= 4 is 22.7 Å². The highest BCUT2D eigenvalue weighted by atomic mass is 19.1. The minimum Gasteiger partial charge on any atom is -0.376 e. The number of carbonyl (C=O) groups is 2. The van der Waals surface area contributed by atoms with E-state index in [9.17, 15) is 18.8 Å². The Balaban J connectivity index is 1.33. The van der Waals surface area contributed by atoms with Gasteiger partial charge in [-0.3, -0.25) is 14.4 Å². The predicted molar refractivity (Wildman–Crippen MR) is 117 cm³/mol. The van der Waals surface area contributed by atoms with Gasteiger partial charge in [0.25, 0.3) is 5.91 Å². The van der Waals surface area contributed by atoms with E-state index in [4.69, 9.17) is 4.74 Å². The number of nitrogens with one attached hydrogen (secondary N) is 2. The molecule has 0 radical (unpaired) electrons. The molecule has 1 aliphatic heterocycles. The fourth-order valence-corrected chi connectivity index (χ4v) is 5.26. The van der Waals surface area contributed by atoms with Crippen molar-refractivity contribution in [2.75, 3.05) is 19.7 Å². The fraction of sp³-hybridized carbons (Fsp3) is 0.542. The van der Waals surface area contributed by atoms with E-state index in [1.165, 1.54) is 44.2 Å². The summed E-state index contributed by atoms with van der Waals surface area (Å²) in [6, 6.07) is 4.21. The van der Waals surface area contributed by atoms with Crippen molar-refractivity contribution in [1.82, 2.24) is 15.2 Å². The molecule has 5 rings (SSSR count). The highest BCUT2D eigenvalue weighted by molar-refractivity contribution is 5.97. The summed E-state index contributed by atoms with van der Waals surface area (Å²) in [5.74, 6) is 0.218. The molecule has 2 aromatic rings. The number of likely N-dealkylation sites (tertiary alicyclic amines) is 1. The number of nitrogens with zero attached hydrogens (tertiary/aromatic N) is 1. The zero-order valence-corrected chi connectivity index (χ0v) is 18.1. The minimum absolute atomic E-state index is 0.0293. The van der Waals surface area contributed by atoms with Gasteiger partial charge in [-0.15, -0.1) is 0 Å². The summed E-state index contributed by atoms with van der Waals surface area (Å²) in [7, 11) is 0. The predicted octanol–water partition coefficient (Wildman–Crippen LogP) is 2.45. The molecule has 1 aromatic carbocycles. The summed E-state index contributed by atoms with van der Waals surface area (Å²) >= 11 is 0. The number of aromatic nitrogens is 1. The van der Waals surface area contributed by atoms with Gasteiger partial charge in [0.15, 0.2) is 0 Å². The summed E-state index contributed by atoms with van der Waals surface area (Å²) < 4.78 is 20.2. The highest BCUT2D eigenvalue weighted by Crippen LogP contribution is 2.39. The van der Waals surface area contributed by atoms with Gasteiger partial charge in [0.05, 0.1) is 17.7 Å². The Morgan fingerprint density at radius 3 is 2.69 bits per heavy atom. The molecule has 1 saturated heterocycles. The van der Waals surface area contributed by atoms with E-state index < -0.39 is 11.2 Å². The number of halogens is 1. The normalized spacial score (nSPS) is 27.4. The maximum Gasteiger partial charge on any atom is 0.259 e.